The summed E-state index contributed by atoms with van der Waals surface area (Å²) >= 11 is 1.17. The molecule has 1 aliphatic rings. The van der Waals surface area contributed by atoms with Crippen LogP contribution < -0.4 is 15.8 Å². The van der Waals surface area contributed by atoms with E-state index in [0.29, 0.717) is 5.01 Å². The van der Waals surface area contributed by atoms with Crippen LogP contribution in [0, 0.1) is 0 Å². The zero-order chi connectivity index (χ0) is 23.2. The maximum Gasteiger partial charge on any atom is 0.387 e. The number of amides is 1. The van der Waals surface area contributed by atoms with Gasteiger partial charge in [0.05, 0.1) is 6.20 Å². The van der Waals surface area contributed by atoms with Gasteiger partial charge >= 0.3 is 6.61 Å². The lowest BCUT2D eigenvalue weighted by Crippen LogP contribution is -2.58. The first-order valence-electron chi connectivity index (χ1n) is 8.85. The van der Waals surface area contributed by atoms with Gasteiger partial charge in [-0.25, -0.2) is 19.3 Å². The molecule has 0 spiro atoms. The molecular formula is C17H22F2N6O4S2. The number of nitrogens with one attached hydrogen (secondary N) is 1. The van der Waals surface area contributed by atoms with E-state index in [9.17, 15) is 22.7 Å². The largest absolute Gasteiger partial charge is 0.433 e. The zero-order valence-electron chi connectivity index (χ0n) is 17.0. The summed E-state index contributed by atoms with van der Waals surface area (Å²) in [6.07, 6.45) is 1.01. The average molecular weight is 477 g/mol. The van der Waals surface area contributed by atoms with Crippen LogP contribution >= 0.6 is 22.1 Å². The molecule has 0 radical (unpaired) electrons. The highest BCUT2D eigenvalue weighted by Gasteiger charge is 2.58. The predicted octanol–water partition coefficient (Wildman–Crippen LogP) is 3.31. The summed E-state index contributed by atoms with van der Waals surface area (Å²) in [7, 11) is -1.88. The lowest BCUT2D eigenvalue weighted by Gasteiger charge is -2.59. The number of hydrogen-bond acceptors (Lipinski definition) is 10. The Balaban J connectivity index is 1.83. The summed E-state index contributed by atoms with van der Waals surface area (Å²) in [5, 5.41) is 4.55. The number of carbonyl (C=O) groups is 1. The zero-order valence-corrected chi connectivity index (χ0v) is 18.7. The van der Waals surface area contributed by atoms with E-state index in [2.05, 4.69) is 25.0 Å². The van der Waals surface area contributed by atoms with E-state index < -0.39 is 33.6 Å². The van der Waals surface area contributed by atoms with Crippen LogP contribution in [0.5, 0.6) is 5.75 Å². The van der Waals surface area contributed by atoms with Crippen LogP contribution in [0.3, 0.4) is 0 Å². The Labute approximate surface area is 182 Å². The number of carbonyl (C=O) groups excluding carboxylic acids is 1. The van der Waals surface area contributed by atoms with Gasteiger partial charge in [-0.2, -0.15) is 8.78 Å². The number of alkyl halides is 2. The van der Waals surface area contributed by atoms with Crippen molar-refractivity contribution in [2.24, 2.45) is 10.7 Å². The molecule has 0 saturated carbocycles. The number of thiazole rings is 1. The maximum absolute atomic E-state index is 12.4. The molecule has 10 nitrogen and oxygen atoms in total. The topological polar surface area (TPSA) is 146 Å². The van der Waals surface area contributed by atoms with Crippen molar-refractivity contribution in [3.63, 3.8) is 0 Å². The first-order chi connectivity index (χ1) is 14.3. The van der Waals surface area contributed by atoms with E-state index in [0.717, 1.165) is 10.5 Å². The van der Waals surface area contributed by atoms with Gasteiger partial charge in [-0.1, -0.05) is 0 Å². The van der Waals surface area contributed by atoms with Gasteiger partial charge in [-0.15, -0.1) is 22.1 Å². The maximum atomic E-state index is 12.4. The minimum atomic E-state index is -3.33. The van der Waals surface area contributed by atoms with Gasteiger partial charge in [-0.05, 0) is 32.9 Å². The summed E-state index contributed by atoms with van der Waals surface area (Å²) in [4.78, 5) is 25.1. The number of nitrogens with zero attached hydrogens (tertiary/aromatic N) is 4. The molecule has 0 unspecified atom stereocenters. The van der Waals surface area contributed by atoms with E-state index >= 15 is 0 Å². The van der Waals surface area contributed by atoms with Gasteiger partial charge in [0, 0.05) is 12.4 Å². The Morgan fingerprint density at radius 2 is 2.03 bits per heavy atom. The lowest BCUT2D eigenvalue weighted by molar-refractivity contribution is -0.0500. The molecule has 0 bridgehead atoms. The average Bonchev–Trinajstić information content (AvgIpc) is 3.15. The fraction of sp³-hybridized carbons (Fsp3) is 0.412. The van der Waals surface area contributed by atoms with Crippen molar-refractivity contribution in [2.45, 2.75) is 37.7 Å². The standard InChI is InChI=1S/C17H22F2N6O4S2/c1-16(2)17(3,24-15(20)25(4)31(16,27)28)13-23-11(8-30-13)22-12(26)10-6-5-9(7-21-10)29-14(18)19/h5-8,14,27-28H,1-4H3,(H2,20,24)(H,22,26)/t17-/m1/s1. The minimum absolute atomic E-state index is 0.0292. The number of halogens is 2. The molecule has 1 amide bonds. The number of aromatic nitrogens is 2. The van der Waals surface area contributed by atoms with Gasteiger partial charge in [-0.3, -0.25) is 13.9 Å². The van der Waals surface area contributed by atoms with Crippen LogP contribution in [0.15, 0.2) is 28.7 Å². The van der Waals surface area contributed by atoms with E-state index in [1.54, 1.807) is 26.2 Å². The third-order valence-corrected chi connectivity index (χ3v) is 9.03. The van der Waals surface area contributed by atoms with Crippen molar-refractivity contribution >= 4 is 39.8 Å². The highest BCUT2D eigenvalue weighted by atomic mass is 32.3. The lowest BCUT2D eigenvalue weighted by atomic mass is 9.88. The van der Waals surface area contributed by atoms with Crippen molar-refractivity contribution in [3.8, 4) is 5.75 Å². The second kappa shape index (κ2) is 7.85. The van der Waals surface area contributed by atoms with Gasteiger partial charge in [0.2, 0.25) is 5.96 Å². The fourth-order valence-electron chi connectivity index (χ4n) is 2.90. The molecule has 0 aliphatic carbocycles. The summed E-state index contributed by atoms with van der Waals surface area (Å²) in [5.74, 6) is -0.631. The Kier molecular flexibility index (Phi) is 5.86. The summed E-state index contributed by atoms with van der Waals surface area (Å²) < 4.78 is 50.2. The molecule has 3 rings (SSSR count). The second-order valence-corrected chi connectivity index (χ2v) is 10.8. The molecule has 0 saturated heterocycles. The fourth-order valence-corrected chi connectivity index (χ4v) is 5.64. The highest BCUT2D eigenvalue weighted by molar-refractivity contribution is 8.23. The Hall–Kier alpha value is -2.55. The van der Waals surface area contributed by atoms with Crippen LogP contribution in [-0.4, -0.2) is 53.7 Å². The molecule has 31 heavy (non-hydrogen) atoms. The minimum Gasteiger partial charge on any atom is -0.433 e. The normalized spacial score (nSPS) is 23.3. The molecule has 2 aromatic rings. The van der Waals surface area contributed by atoms with Gasteiger partial charge < -0.3 is 15.8 Å². The molecule has 1 atom stereocenters. The van der Waals surface area contributed by atoms with Gasteiger partial charge in [0.1, 0.15) is 32.6 Å². The molecule has 3 heterocycles. The third kappa shape index (κ3) is 3.91. The molecule has 2 aromatic heterocycles. The molecule has 14 heteroatoms. The molecule has 5 N–H and O–H groups in total. The summed E-state index contributed by atoms with van der Waals surface area (Å²) in [6, 6.07) is 2.44. The number of pyridine rings is 1. The molecule has 170 valence electrons. The second-order valence-electron chi connectivity index (χ2n) is 7.32. The van der Waals surface area contributed by atoms with Crippen molar-refractivity contribution < 1.29 is 27.4 Å². The number of aliphatic imine (C=N–C) groups is 1. The Morgan fingerprint density at radius 1 is 1.35 bits per heavy atom. The molecule has 1 aliphatic heterocycles. The first-order valence-corrected chi connectivity index (χ1v) is 11.2. The third-order valence-electron chi connectivity index (χ3n) is 5.26. The van der Waals surface area contributed by atoms with E-state index in [4.69, 9.17) is 5.73 Å². The molecule has 0 aromatic carbocycles. The predicted molar refractivity (Wildman–Crippen MR) is 115 cm³/mol. The Morgan fingerprint density at radius 3 is 2.61 bits per heavy atom. The van der Waals surface area contributed by atoms with E-state index in [1.807, 2.05) is 0 Å². The number of anilines is 1. The van der Waals surface area contributed by atoms with E-state index in [-0.39, 0.29) is 23.2 Å². The van der Waals surface area contributed by atoms with Gasteiger partial charge in [0.15, 0.2) is 0 Å². The number of rotatable bonds is 5. The first kappa shape index (κ1) is 23.1. The Bertz CT molecular complexity index is 1010. The number of guanidine groups is 1. The summed E-state index contributed by atoms with van der Waals surface area (Å²) in [6.45, 7) is 2.01. The number of hydrogen-bond donors (Lipinski definition) is 4. The van der Waals surface area contributed by atoms with Crippen LogP contribution in [0.2, 0.25) is 0 Å². The van der Waals surface area contributed by atoms with Crippen LogP contribution in [0.4, 0.5) is 14.6 Å². The molecular weight excluding hydrogens is 454 g/mol. The SMILES string of the molecule is CN1C(N)=N[C@](C)(c2nc(NC(=O)c3ccc(OC(F)F)cn3)cs2)C(C)(C)S1(O)O. The van der Waals surface area contributed by atoms with Crippen LogP contribution in [-0.2, 0) is 5.54 Å². The molecule has 0 fully saturated rings. The van der Waals surface area contributed by atoms with Gasteiger partial charge in [0.25, 0.3) is 5.91 Å². The van der Waals surface area contributed by atoms with Crippen LogP contribution in [0.1, 0.15) is 36.3 Å². The van der Waals surface area contributed by atoms with Crippen molar-refractivity contribution in [3.05, 3.63) is 34.4 Å². The summed E-state index contributed by atoms with van der Waals surface area (Å²) in [5.41, 5.74) is 4.70. The van der Waals surface area contributed by atoms with Crippen molar-refractivity contribution in [1.29, 1.82) is 0 Å². The monoisotopic (exact) mass is 476 g/mol. The number of nitrogens with two attached hydrogens (primary N) is 1. The van der Waals surface area contributed by atoms with Crippen LogP contribution in [0.25, 0.3) is 0 Å². The van der Waals surface area contributed by atoms with E-state index in [1.165, 1.54) is 30.5 Å². The highest BCUT2D eigenvalue weighted by Crippen LogP contribution is 2.64. The quantitative estimate of drug-likeness (QED) is 0.514. The van der Waals surface area contributed by atoms with Crippen molar-refractivity contribution in [1.82, 2.24) is 14.3 Å². The number of ether oxygens (including phenoxy) is 1. The smallest absolute Gasteiger partial charge is 0.387 e. The van der Waals surface area contributed by atoms with Crippen molar-refractivity contribution in [2.75, 3.05) is 12.4 Å².